The Labute approximate surface area is 60.6 Å². The van der Waals surface area contributed by atoms with Crippen LogP contribution in [0.15, 0.2) is 0 Å². The van der Waals surface area contributed by atoms with E-state index in [9.17, 15) is 4.39 Å². The fourth-order valence-electron chi connectivity index (χ4n) is 1.26. The summed E-state index contributed by atoms with van der Waals surface area (Å²) in [5.74, 6) is 0. The fraction of sp³-hybridized carbons (Fsp3) is 1.00. The van der Waals surface area contributed by atoms with E-state index in [2.05, 4.69) is 0 Å². The van der Waals surface area contributed by atoms with Crippen molar-refractivity contribution in [2.24, 2.45) is 0 Å². The summed E-state index contributed by atoms with van der Waals surface area (Å²) in [5.41, 5.74) is 0. The van der Waals surface area contributed by atoms with Gasteiger partial charge in [-0.1, -0.05) is 0 Å². The summed E-state index contributed by atoms with van der Waals surface area (Å²) in [6, 6.07) is 0. The lowest BCUT2D eigenvalue weighted by Crippen LogP contribution is -2.30. The van der Waals surface area contributed by atoms with E-state index in [4.69, 9.17) is 5.11 Å². The van der Waals surface area contributed by atoms with Crippen LogP contribution >= 0.6 is 0 Å². The van der Waals surface area contributed by atoms with E-state index in [1.807, 2.05) is 11.9 Å². The number of aliphatic hydroxyl groups excluding tert-OH is 1. The van der Waals surface area contributed by atoms with Gasteiger partial charge in [0.15, 0.2) is 0 Å². The number of hydrogen-bond donors (Lipinski definition) is 1. The molecule has 1 saturated heterocycles. The van der Waals surface area contributed by atoms with Gasteiger partial charge in [-0.3, -0.25) is 0 Å². The lowest BCUT2D eigenvalue weighted by atomic mass is 10.1. The van der Waals surface area contributed by atoms with Crippen molar-refractivity contribution in [2.45, 2.75) is 25.1 Å². The van der Waals surface area contributed by atoms with Gasteiger partial charge in [0.1, 0.15) is 6.17 Å². The van der Waals surface area contributed by atoms with Gasteiger partial charge in [0.25, 0.3) is 0 Å². The highest BCUT2D eigenvalue weighted by molar-refractivity contribution is 4.75. The molecule has 0 aromatic rings. The molecule has 0 bridgehead atoms. The summed E-state index contributed by atoms with van der Waals surface area (Å²) >= 11 is 0. The van der Waals surface area contributed by atoms with Crippen molar-refractivity contribution in [3.05, 3.63) is 0 Å². The standard InChI is InChI=1S/C7H14FNO/c1-9-4-2-3-7(10)6(8)5-9/h6-7,10H,2-5H2,1H3. The first-order chi connectivity index (χ1) is 4.70. The summed E-state index contributed by atoms with van der Waals surface area (Å²) in [6.45, 7) is 1.28. The smallest absolute Gasteiger partial charge is 0.138 e. The number of rotatable bonds is 0. The fourth-order valence-corrected chi connectivity index (χ4v) is 1.26. The zero-order chi connectivity index (χ0) is 7.56. The van der Waals surface area contributed by atoms with Gasteiger partial charge in [-0.15, -0.1) is 0 Å². The number of nitrogens with zero attached hydrogens (tertiary/aromatic N) is 1. The lowest BCUT2D eigenvalue weighted by Gasteiger charge is -2.15. The highest BCUT2D eigenvalue weighted by atomic mass is 19.1. The molecule has 1 heterocycles. The molecule has 0 aromatic heterocycles. The molecule has 1 rings (SSSR count). The Kier molecular flexibility index (Phi) is 2.63. The van der Waals surface area contributed by atoms with Crippen molar-refractivity contribution < 1.29 is 9.50 Å². The van der Waals surface area contributed by atoms with Crippen LogP contribution in [0.3, 0.4) is 0 Å². The van der Waals surface area contributed by atoms with Crippen LogP contribution in [0.2, 0.25) is 0 Å². The van der Waals surface area contributed by atoms with Gasteiger partial charge >= 0.3 is 0 Å². The predicted octanol–water partition coefficient (Wildman–Crippen LogP) is 0.411. The van der Waals surface area contributed by atoms with Crippen LogP contribution in [0.1, 0.15) is 12.8 Å². The molecule has 60 valence electrons. The summed E-state index contributed by atoms with van der Waals surface area (Å²) in [4.78, 5) is 1.92. The Balaban J connectivity index is 2.41. The van der Waals surface area contributed by atoms with Crippen molar-refractivity contribution in [2.75, 3.05) is 20.1 Å². The van der Waals surface area contributed by atoms with Crippen LogP contribution in [-0.2, 0) is 0 Å². The van der Waals surface area contributed by atoms with Crippen LogP contribution in [0.4, 0.5) is 4.39 Å². The maximum absolute atomic E-state index is 12.8. The van der Waals surface area contributed by atoms with Crippen LogP contribution in [0, 0.1) is 0 Å². The van der Waals surface area contributed by atoms with Gasteiger partial charge in [-0.25, -0.2) is 4.39 Å². The number of aliphatic hydroxyl groups is 1. The monoisotopic (exact) mass is 147 g/mol. The third kappa shape index (κ3) is 1.92. The quantitative estimate of drug-likeness (QED) is 0.536. The third-order valence-corrected chi connectivity index (χ3v) is 1.94. The minimum atomic E-state index is -1.05. The predicted molar refractivity (Wildman–Crippen MR) is 37.6 cm³/mol. The summed E-state index contributed by atoms with van der Waals surface area (Å²) in [6.07, 6.45) is -0.277. The molecule has 1 N–H and O–H groups in total. The molecule has 1 aliphatic heterocycles. The molecular weight excluding hydrogens is 133 g/mol. The first-order valence-corrected chi connectivity index (χ1v) is 3.71. The number of likely N-dealkylation sites (tertiary alicyclic amines) is 1. The molecule has 0 saturated carbocycles. The molecule has 0 aliphatic carbocycles. The molecule has 2 nitrogen and oxygen atoms in total. The van der Waals surface area contributed by atoms with E-state index in [1.54, 1.807) is 0 Å². The molecule has 3 heteroatoms. The first kappa shape index (κ1) is 7.95. The normalized spacial score (nSPS) is 37.5. The largest absolute Gasteiger partial charge is 0.390 e. The van der Waals surface area contributed by atoms with Gasteiger partial charge < -0.3 is 10.0 Å². The Bertz CT molecular complexity index is 110. The summed E-state index contributed by atoms with van der Waals surface area (Å²) in [5, 5.41) is 9.07. The van der Waals surface area contributed by atoms with Crippen LogP contribution in [0.5, 0.6) is 0 Å². The van der Waals surface area contributed by atoms with Gasteiger partial charge in [-0.05, 0) is 26.4 Å². The average molecular weight is 147 g/mol. The molecule has 2 unspecified atom stereocenters. The zero-order valence-electron chi connectivity index (χ0n) is 6.26. The minimum Gasteiger partial charge on any atom is -0.390 e. The molecular formula is C7H14FNO. The molecule has 1 fully saturated rings. The molecule has 0 spiro atoms. The van der Waals surface area contributed by atoms with Crippen LogP contribution < -0.4 is 0 Å². The maximum atomic E-state index is 12.8. The number of hydrogen-bond acceptors (Lipinski definition) is 2. The van der Waals surface area contributed by atoms with E-state index >= 15 is 0 Å². The molecule has 1 aliphatic rings. The van der Waals surface area contributed by atoms with Crippen molar-refractivity contribution in [3.8, 4) is 0 Å². The van der Waals surface area contributed by atoms with Crippen molar-refractivity contribution >= 4 is 0 Å². The number of halogens is 1. The molecule has 0 aromatic carbocycles. The lowest BCUT2D eigenvalue weighted by molar-refractivity contribution is 0.0685. The van der Waals surface area contributed by atoms with E-state index in [0.29, 0.717) is 13.0 Å². The maximum Gasteiger partial charge on any atom is 0.138 e. The Hall–Kier alpha value is -0.150. The molecule has 10 heavy (non-hydrogen) atoms. The highest BCUT2D eigenvalue weighted by Gasteiger charge is 2.22. The van der Waals surface area contributed by atoms with Gasteiger partial charge in [0.05, 0.1) is 6.10 Å². The highest BCUT2D eigenvalue weighted by Crippen LogP contribution is 2.12. The third-order valence-electron chi connectivity index (χ3n) is 1.94. The van der Waals surface area contributed by atoms with Crippen molar-refractivity contribution in [1.82, 2.24) is 4.90 Å². The second kappa shape index (κ2) is 3.30. The van der Waals surface area contributed by atoms with Crippen molar-refractivity contribution in [1.29, 1.82) is 0 Å². The Morgan fingerprint density at radius 1 is 1.60 bits per heavy atom. The second-order valence-corrected chi connectivity index (χ2v) is 2.99. The van der Waals surface area contributed by atoms with Crippen LogP contribution in [0.25, 0.3) is 0 Å². The topological polar surface area (TPSA) is 23.5 Å². The van der Waals surface area contributed by atoms with Crippen LogP contribution in [-0.4, -0.2) is 42.4 Å². The van der Waals surface area contributed by atoms with Gasteiger partial charge in [-0.2, -0.15) is 0 Å². The number of alkyl halides is 1. The van der Waals surface area contributed by atoms with E-state index < -0.39 is 12.3 Å². The van der Waals surface area contributed by atoms with E-state index in [1.165, 1.54) is 0 Å². The van der Waals surface area contributed by atoms with Gasteiger partial charge in [0.2, 0.25) is 0 Å². The summed E-state index contributed by atoms with van der Waals surface area (Å²) < 4.78 is 12.8. The SMILES string of the molecule is CN1CCCC(O)C(F)C1. The van der Waals surface area contributed by atoms with Gasteiger partial charge in [0, 0.05) is 6.54 Å². The zero-order valence-corrected chi connectivity index (χ0v) is 6.26. The van der Waals surface area contributed by atoms with Crippen molar-refractivity contribution in [3.63, 3.8) is 0 Å². The Morgan fingerprint density at radius 3 is 3.00 bits per heavy atom. The molecule has 2 atom stereocenters. The molecule has 0 amide bonds. The van der Waals surface area contributed by atoms with E-state index in [-0.39, 0.29) is 0 Å². The van der Waals surface area contributed by atoms with E-state index in [0.717, 1.165) is 13.0 Å². The Morgan fingerprint density at radius 2 is 2.30 bits per heavy atom. The second-order valence-electron chi connectivity index (χ2n) is 2.99. The average Bonchev–Trinajstić information content (AvgIpc) is 1.96. The molecule has 0 radical (unpaired) electrons. The summed E-state index contributed by atoms with van der Waals surface area (Å²) in [7, 11) is 1.88. The first-order valence-electron chi connectivity index (χ1n) is 3.71. The minimum absolute atomic E-state index is 0.376.